The summed E-state index contributed by atoms with van der Waals surface area (Å²) in [5.74, 6) is 0.193. The van der Waals surface area contributed by atoms with Crippen LogP contribution in [0.25, 0.3) is 0 Å². The standard InChI is InChI=1S/C17H34O2/c1-10-11-12-16(7,8)19-14(18)17(9,13(2)3)15(4,5)6/h13H,10-12H2,1-9H3. The zero-order chi connectivity index (χ0) is 15.5. The van der Waals surface area contributed by atoms with E-state index in [9.17, 15) is 4.79 Å². The third kappa shape index (κ3) is 4.50. The number of esters is 1. The Labute approximate surface area is 120 Å². The summed E-state index contributed by atoms with van der Waals surface area (Å²) < 4.78 is 5.85. The number of hydrogen-bond donors (Lipinski definition) is 0. The topological polar surface area (TPSA) is 26.3 Å². The molecule has 0 saturated heterocycles. The first-order valence-corrected chi connectivity index (χ1v) is 7.62. The van der Waals surface area contributed by atoms with Crippen LogP contribution in [0.2, 0.25) is 0 Å². The Kier molecular flexibility index (Phi) is 6.10. The Bertz CT molecular complexity index is 297. The number of carbonyl (C=O) groups excluding carboxylic acids is 1. The highest BCUT2D eigenvalue weighted by Gasteiger charge is 2.49. The first kappa shape index (κ1) is 18.5. The lowest BCUT2D eigenvalue weighted by atomic mass is 9.61. The molecule has 1 unspecified atom stereocenters. The Balaban J connectivity index is 5.06. The molecule has 1 atom stereocenters. The van der Waals surface area contributed by atoms with Gasteiger partial charge in [0.15, 0.2) is 0 Å². The van der Waals surface area contributed by atoms with Gasteiger partial charge in [-0.3, -0.25) is 4.79 Å². The normalized spacial score (nSPS) is 16.3. The van der Waals surface area contributed by atoms with Gasteiger partial charge in [-0.15, -0.1) is 0 Å². The van der Waals surface area contributed by atoms with Gasteiger partial charge in [0.1, 0.15) is 5.60 Å². The van der Waals surface area contributed by atoms with Gasteiger partial charge in [0.2, 0.25) is 0 Å². The molecule has 0 N–H and O–H groups in total. The largest absolute Gasteiger partial charge is 0.459 e. The molecule has 0 aromatic heterocycles. The van der Waals surface area contributed by atoms with Gasteiger partial charge in [-0.2, -0.15) is 0 Å². The molecule has 114 valence electrons. The lowest BCUT2D eigenvalue weighted by Gasteiger charge is -2.44. The van der Waals surface area contributed by atoms with Crippen LogP contribution in [0, 0.1) is 16.7 Å². The van der Waals surface area contributed by atoms with Crippen molar-refractivity contribution in [2.24, 2.45) is 16.7 Å². The van der Waals surface area contributed by atoms with Crippen molar-refractivity contribution in [2.45, 2.75) is 87.2 Å². The van der Waals surface area contributed by atoms with Crippen molar-refractivity contribution >= 4 is 5.97 Å². The van der Waals surface area contributed by atoms with Gasteiger partial charge in [-0.25, -0.2) is 0 Å². The Morgan fingerprint density at radius 3 is 1.84 bits per heavy atom. The van der Waals surface area contributed by atoms with Crippen LogP contribution in [0.3, 0.4) is 0 Å². The van der Waals surface area contributed by atoms with Gasteiger partial charge in [0, 0.05) is 0 Å². The second-order valence-electron chi connectivity index (χ2n) is 7.86. The number of hydrogen-bond acceptors (Lipinski definition) is 2. The highest BCUT2D eigenvalue weighted by molar-refractivity contribution is 5.78. The van der Waals surface area contributed by atoms with Crippen LogP contribution in [-0.2, 0) is 9.53 Å². The van der Waals surface area contributed by atoms with Crippen LogP contribution in [0.15, 0.2) is 0 Å². The second kappa shape index (κ2) is 6.28. The minimum absolute atomic E-state index is 0.0592. The molecule has 19 heavy (non-hydrogen) atoms. The van der Waals surface area contributed by atoms with Crippen LogP contribution < -0.4 is 0 Å². The monoisotopic (exact) mass is 270 g/mol. The van der Waals surface area contributed by atoms with Crippen LogP contribution in [0.5, 0.6) is 0 Å². The number of carbonyl (C=O) groups is 1. The van der Waals surface area contributed by atoms with Gasteiger partial charge in [-0.05, 0) is 44.9 Å². The number of ether oxygens (including phenoxy) is 1. The average Bonchev–Trinajstić information content (AvgIpc) is 2.22. The minimum Gasteiger partial charge on any atom is -0.459 e. The van der Waals surface area contributed by atoms with Crippen molar-refractivity contribution < 1.29 is 9.53 Å². The van der Waals surface area contributed by atoms with E-state index in [1.165, 1.54) is 0 Å². The Hall–Kier alpha value is -0.530. The van der Waals surface area contributed by atoms with Crippen LogP contribution >= 0.6 is 0 Å². The molecule has 0 amide bonds. The smallest absolute Gasteiger partial charge is 0.313 e. The SMILES string of the molecule is CCCCC(C)(C)OC(=O)C(C)(C(C)C)C(C)(C)C. The van der Waals surface area contributed by atoms with Crippen LogP contribution in [0.1, 0.15) is 81.6 Å². The van der Waals surface area contributed by atoms with Gasteiger partial charge in [0.05, 0.1) is 5.41 Å². The van der Waals surface area contributed by atoms with E-state index < -0.39 is 5.41 Å². The zero-order valence-electron chi connectivity index (χ0n) is 14.5. The molecule has 0 aromatic rings. The van der Waals surface area contributed by atoms with E-state index in [1.807, 2.05) is 20.8 Å². The summed E-state index contributed by atoms with van der Waals surface area (Å²) >= 11 is 0. The fourth-order valence-electron chi connectivity index (χ4n) is 2.42. The fraction of sp³-hybridized carbons (Fsp3) is 0.941. The third-order valence-electron chi connectivity index (χ3n) is 4.64. The van der Waals surface area contributed by atoms with E-state index in [1.54, 1.807) is 0 Å². The molecule has 0 spiro atoms. The number of rotatable bonds is 6. The van der Waals surface area contributed by atoms with Gasteiger partial charge < -0.3 is 4.74 Å². The van der Waals surface area contributed by atoms with Crippen molar-refractivity contribution in [1.29, 1.82) is 0 Å². The second-order valence-corrected chi connectivity index (χ2v) is 7.86. The quantitative estimate of drug-likeness (QED) is 0.619. The Morgan fingerprint density at radius 1 is 1.05 bits per heavy atom. The highest BCUT2D eigenvalue weighted by atomic mass is 16.6. The van der Waals surface area contributed by atoms with Crippen molar-refractivity contribution in [3.63, 3.8) is 0 Å². The first-order chi connectivity index (χ1) is 8.38. The molecule has 0 heterocycles. The van der Waals surface area contributed by atoms with Gasteiger partial charge in [0.25, 0.3) is 0 Å². The predicted octanol–water partition coefficient (Wildman–Crippen LogP) is 5.21. The maximum Gasteiger partial charge on any atom is 0.313 e. The average molecular weight is 270 g/mol. The van der Waals surface area contributed by atoms with E-state index in [0.29, 0.717) is 0 Å². The van der Waals surface area contributed by atoms with Crippen molar-refractivity contribution in [1.82, 2.24) is 0 Å². The number of unbranched alkanes of at least 4 members (excludes halogenated alkanes) is 1. The Morgan fingerprint density at radius 2 is 1.53 bits per heavy atom. The molecular weight excluding hydrogens is 236 g/mol. The lowest BCUT2D eigenvalue weighted by molar-refractivity contribution is -0.180. The molecule has 0 aliphatic rings. The summed E-state index contributed by atoms with van der Waals surface area (Å²) in [5, 5.41) is 0. The lowest BCUT2D eigenvalue weighted by Crippen LogP contribution is -2.48. The van der Waals surface area contributed by atoms with E-state index in [-0.39, 0.29) is 22.9 Å². The van der Waals surface area contributed by atoms with E-state index in [2.05, 4.69) is 41.5 Å². The molecule has 2 heteroatoms. The molecule has 0 rings (SSSR count). The van der Waals surface area contributed by atoms with Crippen molar-refractivity contribution in [3.05, 3.63) is 0 Å². The van der Waals surface area contributed by atoms with Gasteiger partial charge in [-0.1, -0.05) is 48.0 Å². The minimum atomic E-state index is -0.462. The fourth-order valence-corrected chi connectivity index (χ4v) is 2.42. The summed E-state index contributed by atoms with van der Waals surface area (Å²) in [5.41, 5.74) is -0.940. The van der Waals surface area contributed by atoms with Crippen LogP contribution in [-0.4, -0.2) is 11.6 Å². The first-order valence-electron chi connectivity index (χ1n) is 7.62. The molecule has 2 nitrogen and oxygen atoms in total. The van der Waals surface area contributed by atoms with E-state index in [4.69, 9.17) is 4.74 Å². The van der Waals surface area contributed by atoms with Crippen molar-refractivity contribution in [2.75, 3.05) is 0 Å². The summed E-state index contributed by atoms with van der Waals surface area (Å²) in [6.07, 6.45) is 3.14. The highest BCUT2D eigenvalue weighted by Crippen LogP contribution is 2.46. The molecular formula is C17H34O2. The zero-order valence-corrected chi connectivity index (χ0v) is 14.5. The summed E-state index contributed by atoms with van der Waals surface area (Å²) in [4.78, 5) is 12.7. The summed E-state index contributed by atoms with van der Waals surface area (Å²) in [6.45, 7) is 18.8. The maximum absolute atomic E-state index is 12.7. The summed E-state index contributed by atoms with van der Waals surface area (Å²) in [7, 11) is 0. The van der Waals surface area contributed by atoms with Crippen LogP contribution in [0.4, 0.5) is 0 Å². The molecule has 0 radical (unpaired) electrons. The summed E-state index contributed by atoms with van der Waals surface area (Å²) in [6, 6.07) is 0. The molecule has 0 saturated carbocycles. The van der Waals surface area contributed by atoms with E-state index >= 15 is 0 Å². The molecule has 0 bridgehead atoms. The van der Waals surface area contributed by atoms with Crippen molar-refractivity contribution in [3.8, 4) is 0 Å². The molecule has 0 aliphatic carbocycles. The third-order valence-corrected chi connectivity index (χ3v) is 4.64. The molecule has 0 aromatic carbocycles. The van der Waals surface area contributed by atoms with E-state index in [0.717, 1.165) is 19.3 Å². The van der Waals surface area contributed by atoms with Gasteiger partial charge >= 0.3 is 5.97 Å². The maximum atomic E-state index is 12.7. The molecule has 0 fully saturated rings. The predicted molar refractivity (Wildman–Crippen MR) is 82.1 cm³/mol. The molecule has 0 aliphatic heterocycles.